The Balaban J connectivity index is 1.87. The van der Waals surface area contributed by atoms with Gasteiger partial charge in [0.25, 0.3) is 0 Å². The van der Waals surface area contributed by atoms with Gasteiger partial charge in [0, 0.05) is 37.8 Å². The lowest BCUT2D eigenvalue weighted by atomic mass is 10.1. The number of rotatable bonds is 4. The van der Waals surface area contributed by atoms with Crippen molar-refractivity contribution in [3.8, 4) is 11.5 Å². The van der Waals surface area contributed by atoms with Gasteiger partial charge in [-0.1, -0.05) is 11.6 Å². The number of piperazine rings is 1. The van der Waals surface area contributed by atoms with Gasteiger partial charge < -0.3 is 19.7 Å². The number of nitrogens with zero attached hydrogens (tertiary/aromatic N) is 1. The van der Waals surface area contributed by atoms with Gasteiger partial charge in [-0.25, -0.2) is 0 Å². The van der Waals surface area contributed by atoms with Crippen molar-refractivity contribution >= 4 is 17.3 Å². The molecule has 1 aliphatic carbocycles. The van der Waals surface area contributed by atoms with E-state index in [9.17, 15) is 0 Å². The molecule has 1 aromatic rings. The summed E-state index contributed by atoms with van der Waals surface area (Å²) in [6.07, 6.45) is 2.71. The fourth-order valence-electron chi connectivity index (χ4n) is 2.90. The van der Waals surface area contributed by atoms with Crippen LogP contribution in [-0.2, 0) is 0 Å². The Labute approximate surface area is 125 Å². The minimum absolute atomic E-state index is 0.585. The molecule has 0 radical (unpaired) electrons. The molecule has 1 atom stereocenters. The number of hydrogen-bond acceptors (Lipinski definition) is 4. The molecule has 110 valence electrons. The first-order valence-corrected chi connectivity index (χ1v) is 7.50. The Morgan fingerprint density at radius 1 is 1.20 bits per heavy atom. The van der Waals surface area contributed by atoms with Crippen molar-refractivity contribution in [3.05, 3.63) is 17.2 Å². The first kappa shape index (κ1) is 13.8. The first-order chi connectivity index (χ1) is 9.72. The molecule has 1 aromatic carbocycles. The van der Waals surface area contributed by atoms with Crippen LogP contribution in [0.15, 0.2) is 12.1 Å². The first-order valence-electron chi connectivity index (χ1n) is 7.12. The maximum atomic E-state index is 6.17. The fourth-order valence-corrected chi connectivity index (χ4v) is 3.13. The average molecular weight is 297 g/mol. The van der Waals surface area contributed by atoms with E-state index >= 15 is 0 Å². The third kappa shape index (κ3) is 2.67. The van der Waals surface area contributed by atoms with Crippen LogP contribution in [0, 0.1) is 5.92 Å². The normalized spacial score (nSPS) is 22.8. The quantitative estimate of drug-likeness (QED) is 0.926. The molecule has 1 aliphatic heterocycles. The largest absolute Gasteiger partial charge is 0.495 e. The fraction of sp³-hybridized carbons (Fsp3) is 0.600. The van der Waals surface area contributed by atoms with E-state index in [2.05, 4.69) is 10.2 Å². The monoisotopic (exact) mass is 296 g/mol. The molecule has 1 saturated heterocycles. The number of benzene rings is 1. The number of anilines is 1. The number of hydrogen-bond donors (Lipinski definition) is 1. The molecule has 0 bridgehead atoms. The van der Waals surface area contributed by atoms with Crippen LogP contribution in [-0.4, -0.2) is 39.9 Å². The molecule has 0 amide bonds. The Morgan fingerprint density at radius 2 is 1.95 bits per heavy atom. The number of nitrogens with one attached hydrogen (secondary N) is 1. The van der Waals surface area contributed by atoms with Gasteiger partial charge in [0.05, 0.1) is 24.9 Å². The van der Waals surface area contributed by atoms with Crippen molar-refractivity contribution in [1.82, 2.24) is 5.32 Å². The molecular formula is C15H21ClN2O2. The van der Waals surface area contributed by atoms with Crippen LogP contribution in [0.4, 0.5) is 5.69 Å². The van der Waals surface area contributed by atoms with Crippen molar-refractivity contribution in [3.63, 3.8) is 0 Å². The molecule has 2 aliphatic rings. The summed E-state index contributed by atoms with van der Waals surface area (Å²) in [7, 11) is 3.32. The zero-order valence-corrected chi connectivity index (χ0v) is 12.7. The lowest BCUT2D eigenvalue weighted by Crippen LogP contribution is -2.51. The summed E-state index contributed by atoms with van der Waals surface area (Å²) in [6, 6.07) is 4.41. The summed E-state index contributed by atoms with van der Waals surface area (Å²) in [5, 5.41) is 4.20. The second-order valence-electron chi connectivity index (χ2n) is 5.50. The molecule has 1 saturated carbocycles. The van der Waals surface area contributed by atoms with Crippen LogP contribution in [0.5, 0.6) is 11.5 Å². The molecule has 2 fully saturated rings. The average Bonchev–Trinajstić information content (AvgIpc) is 3.31. The smallest absolute Gasteiger partial charge is 0.143 e. The van der Waals surface area contributed by atoms with E-state index in [-0.39, 0.29) is 0 Å². The SMILES string of the molecule is COc1cc(N2CCNC(C3CC3)C2)c(OC)cc1Cl. The van der Waals surface area contributed by atoms with Gasteiger partial charge in [0.1, 0.15) is 11.5 Å². The van der Waals surface area contributed by atoms with Crippen molar-refractivity contribution in [2.45, 2.75) is 18.9 Å². The molecule has 5 heteroatoms. The van der Waals surface area contributed by atoms with E-state index in [1.807, 2.05) is 12.1 Å². The topological polar surface area (TPSA) is 33.7 Å². The Bertz CT molecular complexity index is 491. The van der Waals surface area contributed by atoms with Crippen LogP contribution in [0.3, 0.4) is 0 Å². The summed E-state index contributed by atoms with van der Waals surface area (Å²) in [5.41, 5.74) is 1.07. The highest BCUT2D eigenvalue weighted by molar-refractivity contribution is 6.32. The van der Waals surface area contributed by atoms with Crippen LogP contribution < -0.4 is 19.7 Å². The van der Waals surface area contributed by atoms with E-state index in [4.69, 9.17) is 21.1 Å². The molecule has 4 nitrogen and oxygen atoms in total. The number of methoxy groups -OCH3 is 2. The highest BCUT2D eigenvalue weighted by Crippen LogP contribution is 2.40. The van der Waals surface area contributed by atoms with E-state index in [0.717, 1.165) is 37.0 Å². The van der Waals surface area contributed by atoms with Crippen LogP contribution in [0.25, 0.3) is 0 Å². The third-order valence-corrected chi connectivity index (χ3v) is 4.49. The van der Waals surface area contributed by atoms with Gasteiger partial charge in [0.2, 0.25) is 0 Å². The van der Waals surface area contributed by atoms with Crippen molar-refractivity contribution in [2.75, 3.05) is 38.8 Å². The number of halogens is 1. The van der Waals surface area contributed by atoms with Gasteiger partial charge in [-0.15, -0.1) is 0 Å². The maximum Gasteiger partial charge on any atom is 0.143 e. The highest BCUT2D eigenvalue weighted by atomic mass is 35.5. The van der Waals surface area contributed by atoms with Gasteiger partial charge in [-0.3, -0.25) is 0 Å². The lowest BCUT2D eigenvalue weighted by Gasteiger charge is -2.36. The van der Waals surface area contributed by atoms with E-state index in [0.29, 0.717) is 16.8 Å². The standard InChI is InChI=1S/C15H21ClN2O2/c1-19-14-8-13(15(20-2)7-11(14)16)18-6-5-17-12(9-18)10-3-4-10/h7-8,10,12,17H,3-6,9H2,1-2H3. The van der Waals surface area contributed by atoms with E-state index in [1.165, 1.54) is 12.8 Å². The molecule has 1 unspecified atom stereocenters. The molecular weight excluding hydrogens is 276 g/mol. The Kier molecular flexibility index (Phi) is 3.94. The summed E-state index contributed by atoms with van der Waals surface area (Å²) in [4.78, 5) is 2.37. The lowest BCUT2D eigenvalue weighted by molar-refractivity contribution is 0.392. The molecule has 3 rings (SSSR count). The van der Waals surface area contributed by atoms with Gasteiger partial charge in [-0.2, -0.15) is 0 Å². The molecule has 20 heavy (non-hydrogen) atoms. The van der Waals surface area contributed by atoms with E-state index < -0.39 is 0 Å². The minimum Gasteiger partial charge on any atom is -0.495 e. The van der Waals surface area contributed by atoms with Crippen LogP contribution in [0.2, 0.25) is 5.02 Å². The maximum absolute atomic E-state index is 6.17. The van der Waals surface area contributed by atoms with Crippen LogP contribution in [0.1, 0.15) is 12.8 Å². The molecule has 0 spiro atoms. The van der Waals surface area contributed by atoms with Crippen molar-refractivity contribution in [1.29, 1.82) is 0 Å². The van der Waals surface area contributed by atoms with Crippen molar-refractivity contribution < 1.29 is 9.47 Å². The zero-order chi connectivity index (χ0) is 14.1. The molecule has 1 heterocycles. The van der Waals surface area contributed by atoms with Crippen LogP contribution >= 0.6 is 11.6 Å². The van der Waals surface area contributed by atoms with Crippen molar-refractivity contribution in [2.24, 2.45) is 5.92 Å². The minimum atomic E-state index is 0.585. The summed E-state index contributed by atoms with van der Waals surface area (Å²) < 4.78 is 10.8. The van der Waals surface area contributed by atoms with E-state index in [1.54, 1.807) is 14.2 Å². The van der Waals surface area contributed by atoms with Gasteiger partial charge >= 0.3 is 0 Å². The highest BCUT2D eigenvalue weighted by Gasteiger charge is 2.34. The predicted octanol–water partition coefficient (Wildman–Crippen LogP) is 2.55. The third-order valence-electron chi connectivity index (χ3n) is 4.19. The molecule has 1 N–H and O–H groups in total. The Hall–Kier alpha value is -1.13. The number of ether oxygens (including phenoxy) is 2. The Morgan fingerprint density at radius 3 is 2.60 bits per heavy atom. The second-order valence-corrected chi connectivity index (χ2v) is 5.91. The predicted molar refractivity (Wildman–Crippen MR) is 81.3 cm³/mol. The second kappa shape index (κ2) is 5.70. The summed E-state index contributed by atoms with van der Waals surface area (Å²) in [6.45, 7) is 3.01. The van der Waals surface area contributed by atoms with Gasteiger partial charge in [0.15, 0.2) is 0 Å². The summed E-state index contributed by atoms with van der Waals surface area (Å²) in [5.74, 6) is 2.36. The summed E-state index contributed by atoms with van der Waals surface area (Å²) >= 11 is 6.17. The zero-order valence-electron chi connectivity index (χ0n) is 12.0. The molecule has 0 aromatic heterocycles. The van der Waals surface area contributed by atoms with Gasteiger partial charge in [-0.05, 0) is 18.8 Å².